The average molecular weight is 867 g/mol. The lowest BCUT2D eigenvalue weighted by molar-refractivity contribution is -0.378. The Morgan fingerprint density at radius 1 is 0.672 bits per heavy atom. The molecule has 3 heterocycles. The lowest BCUT2D eigenvalue weighted by atomic mass is 9.33. The van der Waals surface area contributed by atoms with Gasteiger partial charge in [0.05, 0.1) is 30.8 Å². The van der Waals surface area contributed by atoms with Gasteiger partial charge in [0.25, 0.3) is 0 Å². The van der Waals surface area contributed by atoms with Crippen LogP contribution in [0.1, 0.15) is 120 Å². The minimum absolute atomic E-state index is 0.0145. The summed E-state index contributed by atoms with van der Waals surface area (Å²) in [5.41, 5.74) is 0.298. The standard InChI is InChI=1S/C46H74O15/c1-22-30(49)35(60-37-33(52)31(50)25(47)20-56-37)34(53)38(58-22)61-36-32(51)26(48)21-57-39(36)59-29-12-13-43(6)27(42(29,4)5)11-14-45(8)28(43)10-9-23-24-19-41(2,3)15-17-46(24,40(54)55)18-16-44(23,45)7/h9,22,24-39,47-53H,10-21H2,1-8H3,(H,54,55)/t22-,24-,25+,26-,27?,28?,29-,30-,31+,32-,33+,34+,35+,36+,37-,38-,39-,43-,44+,45+,46-/m0/s1. The molecule has 8 rings (SSSR count). The largest absolute Gasteiger partial charge is 0.481 e. The molecule has 348 valence electrons. The molecule has 3 saturated heterocycles. The van der Waals surface area contributed by atoms with Gasteiger partial charge in [0, 0.05) is 0 Å². The number of rotatable bonds is 7. The van der Waals surface area contributed by atoms with Crippen molar-refractivity contribution in [2.45, 2.75) is 206 Å². The third kappa shape index (κ3) is 7.21. The van der Waals surface area contributed by atoms with Gasteiger partial charge in [0.15, 0.2) is 18.9 Å². The summed E-state index contributed by atoms with van der Waals surface area (Å²) < 4.78 is 36.2. The van der Waals surface area contributed by atoms with Crippen LogP contribution in [0.15, 0.2) is 11.6 Å². The molecule has 0 radical (unpaired) electrons. The first-order chi connectivity index (χ1) is 28.4. The van der Waals surface area contributed by atoms with Gasteiger partial charge >= 0.3 is 5.97 Å². The summed E-state index contributed by atoms with van der Waals surface area (Å²) in [5, 5.41) is 85.9. The van der Waals surface area contributed by atoms with Gasteiger partial charge in [-0.05, 0) is 116 Å². The molecular weight excluding hydrogens is 792 g/mol. The molecule has 0 bridgehead atoms. The average Bonchev–Trinajstić information content (AvgIpc) is 3.18. The molecule has 2 unspecified atom stereocenters. The van der Waals surface area contributed by atoms with Gasteiger partial charge in [-0.25, -0.2) is 0 Å². The van der Waals surface area contributed by atoms with Crippen LogP contribution in [0, 0.1) is 50.2 Å². The monoisotopic (exact) mass is 867 g/mol. The van der Waals surface area contributed by atoms with E-state index in [0.29, 0.717) is 12.3 Å². The Morgan fingerprint density at radius 2 is 1.31 bits per heavy atom. The molecule has 7 fully saturated rings. The highest BCUT2D eigenvalue weighted by atomic mass is 16.8. The smallest absolute Gasteiger partial charge is 0.310 e. The van der Waals surface area contributed by atoms with Crippen LogP contribution in [0.2, 0.25) is 0 Å². The molecule has 4 saturated carbocycles. The lowest BCUT2D eigenvalue weighted by Crippen LogP contribution is -2.66. The van der Waals surface area contributed by atoms with Crippen molar-refractivity contribution in [3.63, 3.8) is 0 Å². The molecule has 8 N–H and O–H groups in total. The second kappa shape index (κ2) is 15.9. The molecule has 3 aliphatic heterocycles. The second-order valence-corrected chi connectivity index (χ2v) is 22.6. The summed E-state index contributed by atoms with van der Waals surface area (Å²) in [5.74, 6) is 0.0702. The summed E-state index contributed by atoms with van der Waals surface area (Å²) in [4.78, 5) is 13.1. The van der Waals surface area contributed by atoms with E-state index in [4.69, 9.17) is 28.4 Å². The van der Waals surface area contributed by atoms with Gasteiger partial charge in [-0.15, -0.1) is 0 Å². The van der Waals surface area contributed by atoms with Crippen molar-refractivity contribution in [1.29, 1.82) is 0 Å². The van der Waals surface area contributed by atoms with Crippen LogP contribution in [0.25, 0.3) is 0 Å². The number of aliphatic carboxylic acids is 1. The van der Waals surface area contributed by atoms with Crippen LogP contribution in [-0.4, -0.2) is 146 Å². The Morgan fingerprint density at radius 3 is 2.00 bits per heavy atom. The minimum atomic E-state index is -1.69. The number of carboxylic acid groups (broad SMARTS) is 1. The summed E-state index contributed by atoms with van der Waals surface area (Å²) in [7, 11) is 0. The first kappa shape index (κ1) is 46.2. The van der Waals surface area contributed by atoms with E-state index in [1.54, 1.807) is 0 Å². The van der Waals surface area contributed by atoms with Crippen molar-refractivity contribution in [3.8, 4) is 0 Å². The lowest BCUT2D eigenvalue weighted by Gasteiger charge is -2.71. The van der Waals surface area contributed by atoms with Crippen molar-refractivity contribution in [3.05, 3.63) is 11.6 Å². The van der Waals surface area contributed by atoms with E-state index in [1.807, 2.05) is 0 Å². The minimum Gasteiger partial charge on any atom is -0.481 e. The maximum atomic E-state index is 13.1. The zero-order valence-corrected chi connectivity index (χ0v) is 37.3. The third-order valence-corrected chi connectivity index (χ3v) is 18.5. The topological polar surface area (TPSA) is 234 Å². The SMILES string of the molecule is C[C@@H]1O[C@@H](O[C@H]2[C@H](O[C@H]3CC[C@@]4(C)C(CC[C@]5(C)C4CC=C4[C@@H]6CC(C)(C)CC[C@]6(C(=O)O)CC[C@]45C)C3(C)C)OC[C@H](O)[C@@H]2O)[C@H](O)[C@H](O[C@@H]2OC[C@@H](O)[C@@H](O)[C@H]2O)[C@H]1O. The molecule has 21 atom stereocenters. The Kier molecular flexibility index (Phi) is 12.1. The number of hydrogen-bond donors (Lipinski definition) is 8. The van der Waals surface area contributed by atoms with Crippen LogP contribution < -0.4 is 0 Å². The highest BCUT2D eigenvalue weighted by Gasteiger charge is 2.69. The van der Waals surface area contributed by atoms with E-state index in [9.17, 15) is 45.6 Å². The van der Waals surface area contributed by atoms with Crippen molar-refractivity contribution in [2.75, 3.05) is 13.2 Å². The van der Waals surface area contributed by atoms with Crippen molar-refractivity contribution < 1.29 is 74.1 Å². The van der Waals surface area contributed by atoms with Gasteiger partial charge in [0.2, 0.25) is 0 Å². The Balaban J connectivity index is 1.00. The van der Waals surface area contributed by atoms with Crippen molar-refractivity contribution in [2.24, 2.45) is 50.2 Å². The van der Waals surface area contributed by atoms with E-state index in [1.165, 1.54) is 12.5 Å². The van der Waals surface area contributed by atoms with Gasteiger partial charge < -0.3 is 69.3 Å². The predicted molar refractivity (Wildman–Crippen MR) is 217 cm³/mol. The molecule has 61 heavy (non-hydrogen) atoms. The first-order valence-electron chi connectivity index (χ1n) is 23.0. The molecule has 0 amide bonds. The second-order valence-electron chi connectivity index (χ2n) is 22.6. The van der Waals surface area contributed by atoms with E-state index < -0.39 is 91.3 Å². The quantitative estimate of drug-likeness (QED) is 0.136. The number of allylic oxidation sites excluding steroid dienone is 2. The number of ether oxygens (including phenoxy) is 6. The van der Waals surface area contributed by atoms with Crippen LogP contribution >= 0.6 is 0 Å². The van der Waals surface area contributed by atoms with Crippen LogP contribution in [0.4, 0.5) is 0 Å². The van der Waals surface area contributed by atoms with Crippen molar-refractivity contribution in [1.82, 2.24) is 0 Å². The third-order valence-electron chi connectivity index (χ3n) is 18.5. The number of hydrogen-bond acceptors (Lipinski definition) is 14. The number of aliphatic hydroxyl groups is 7. The Bertz CT molecular complexity index is 1670. The highest BCUT2D eigenvalue weighted by molar-refractivity contribution is 5.76. The maximum Gasteiger partial charge on any atom is 0.310 e. The number of carbonyl (C=O) groups is 1. The molecule has 15 heteroatoms. The Hall–Kier alpha value is -1.31. The molecule has 8 aliphatic rings. The van der Waals surface area contributed by atoms with E-state index in [2.05, 4.69) is 54.5 Å². The molecule has 15 nitrogen and oxygen atoms in total. The zero-order chi connectivity index (χ0) is 44.4. The number of fused-ring (bicyclic) bond motifs is 7. The van der Waals surface area contributed by atoms with Gasteiger partial charge in [-0.1, -0.05) is 60.1 Å². The van der Waals surface area contributed by atoms with Crippen LogP contribution in [0.5, 0.6) is 0 Å². The Labute approximate surface area is 360 Å². The normalized spacial score (nSPS) is 54.3. The molecular formula is C46H74O15. The highest BCUT2D eigenvalue weighted by Crippen LogP contribution is 2.76. The zero-order valence-electron chi connectivity index (χ0n) is 37.3. The number of aliphatic hydroxyl groups excluding tert-OH is 7. The van der Waals surface area contributed by atoms with Gasteiger partial charge in [-0.3, -0.25) is 4.79 Å². The fourth-order valence-corrected chi connectivity index (χ4v) is 14.5. The van der Waals surface area contributed by atoms with E-state index >= 15 is 0 Å². The summed E-state index contributed by atoms with van der Waals surface area (Å²) in [6, 6.07) is 0. The molecule has 0 spiro atoms. The van der Waals surface area contributed by atoms with Crippen molar-refractivity contribution >= 4 is 5.97 Å². The van der Waals surface area contributed by atoms with E-state index in [-0.39, 0.29) is 58.2 Å². The molecule has 5 aliphatic carbocycles. The van der Waals surface area contributed by atoms with Crippen LogP contribution in [-0.2, 0) is 33.2 Å². The fraction of sp³-hybridized carbons (Fsp3) is 0.935. The number of carboxylic acids is 1. The summed E-state index contributed by atoms with van der Waals surface area (Å²) in [6.07, 6.45) is -7.57. The van der Waals surface area contributed by atoms with Crippen LogP contribution in [0.3, 0.4) is 0 Å². The maximum absolute atomic E-state index is 13.1. The molecule has 0 aromatic carbocycles. The van der Waals surface area contributed by atoms with Gasteiger partial charge in [0.1, 0.15) is 54.9 Å². The van der Waals surface area contributed by atoms with E-state index in [0.717, 1.165) is 57.8 Å². The molecule has 0 aromatic rings. The molecule has 0 aromatic heterocycles. The first-order valence-corrected chi connectivity index (χ1v) is 23.0. The predicted octanol–water partition coefficient (Wildman–Crippen LogP) is 3.01. The fourth-order valence-electron chi connectivity index (χ4n) is 14.5. The summed E-state index contributed by atoms with van der Waals surface area (Å²) >= 11 is 0. The van der Waals surface area contributed by atoms with Gasteiger partial charge in [-0.2, -0.15) is 0 Å². The summed E-state index contributed by atoms with van der Waals surface area (Å²) in [6.45, 7) is 17.5.